The smallest absolute Gasteiger partial charge is 0.239 e. The van der Waals surface area contributed by atoms with Crippen molar-refractivity contribution >= 4 is 11.8 Å². The van der Waals surface area contributed by atoms with Crippen LogP contribution in [0.25, 0.3) is 0 Å². The molecule has 122 valence electrons. The van der Waals surface area contributed by atoms with E-state index in [1.165, 1.54) is 23.1 Å². The normalized spacial score (nSPS) is 12.1. The molecule has 1 unspecified atom stereocenters. The molecule has 0 saturated carbocycles. The average molecular weight is 310 g/mol. The van der Waals surface area contributed by atoms with Crippen LogP contribution in [0.2, 0.25) is 0 Å². The summed E-state index contributed by atoms with van der Waals surface area (Å²) in [5.41, 5.74) is 0.344. The first-order chi connectivity index (χ1) is 10.3. The summed E-state index contributed by atoms with van der Waals surface area (Å²) in [6.45, 7) is 5.74. The first-order valence-corrected chi connectivity index (χ1v) is 7.34. The Morgan fingerprint density at radius 3 is 2.59 bits per heavy atom. The van der Waals surface area contributed by atoms with Crippen molar-refractivity contribution in [3.8, 4) is 0 Å². The van der Waals surface area contributed by atoms with E-state index in [4.69, 9.17) is 0 Å². The second-order valence-electron chi connectivity index (χ2n) is 5.41. The molecule has 0 fully saturated rings. The molecule has 1 atom stereocenters. The van der Waals surface area contributed by atoms with Gasteiger partial charge in [-0.05, 0) is 38.5 Å². The van der Waals surface area contributed by atoms with Crippen molar-refractivity contribution in [1.29, 1.82) is 0 Å². The van der Waals surface area contributed by atoms with Crippen molar-refractivity contribution in [2.75, 3.05) is 13.1 Å². The number of nitrogens with one attached hydrogen (secondary N) is 1. The Labute approximate surface area is 130 Å². The lowest BCUT2D eigenvalue weighted by Crippen LogP contribution is -2.43. The Balaban J connectivity index is 2.62. The number of hydrogen-bond donors (Lipinski definition) is 2. The number of carbonyl (C=O) groups is 2. The number of likely N-dealkylation sites (N-methyl/N-ethyl adjacent to an activating group) is 1. The highest BCUT2D eigenvalue weighted by Crippen LogP contribution is 2.18. The Morgan fingerprint density at radius 2 is 2.05 bits per heavy atom. The van der Waals surface area contributed by atoms with E-state index in [0.29, 0.717) is 12.1 Å². The van der Waals surface area contributed by atoms with E-state index in [9.17, 15) is 19.1 Å². The van der Waals surface area contributed by atoms with Gasteiger partial charge in [0.25, 0.3) is 0 Å². The summed E-state index contributed by atoms with van der Waals surface area (Å²) in [5, 5.41) is 12.7. The van der Waals surface area contributed by atoms with Gasteiger partial charge in [-0.1, -0.05) is 12.1 Å². The van der Waals surface area contributed by atoms with E-state index in [0.717, 1.165) is 0 Å². The van der Waals surface area contributed by atoms with E-state index in [-0.39, 0.29) is 30.8 Å². The first-order valence-electron chi connectivity index (χ1n) is 7.34. The molecule has 0 aliphatic heterocycles. The van der Waals surface area contributed by atoms with Crippen LogP contribution in [0, 0.1) is 5.82 Å². The van der Waals surface area contributed by atoms with Crippen molar-refractivity contribution in [2.24, 2.45) is 0 Å². The molecule has 0 heterocycles. The highest BCUT2D eigenvalue weighted by Gasteiger charge is 2.20. The number of aliphatic hydroxyl groups is 1. The quantitative estimate of drug-likeness (QED) is 0.804. The topological polar surface area (TPSA) is 69.6 Å². The third-order valence-corrected chi connectivity index (χ3v) is 3.12. The molecule has 0 aliphatic carbocycles. The number of benzene rings is 1. The van der Waals surface area contributed by atoms with Crippen LogP contribution in [0.15, 0.2) is 24.3 Å². The van der Waals surface area contributed by atoms with Crippen LogP contribution in [0.3, 0.4) is 0 Å². The lowest BCUT2D eigenvalue weighted by molar-refractivity contribution is -0.137. The second-order valence-corrected chi connectivity index (χ2v) is 5.41. The van der Waals surface area contributed by atoms with Gasteiger partial charge >= 0.3 is 0 Å². The first kappa shape index (κ1) is 18.1. The van der Waals surface area contributed by atoms with Crippen LogP contribution >= 0.6 is 0 Å². The predicted molar refractivity (Wildman–Crippen MR) is 81.5 cm³/mol. The van der Waals surface area contributed by atoms with Gasteiger partial charge in [-0.3, -0.25) is 9.59 Å². The highest BCUT2D eigenvalue weighted by atomic mass is 19.1. The molecule has 2 amide bonds. The number of amides is 2. The summed E-state index contributed by atoms with van der Waals surface area (Å²) in [6, 6.07) is 5.50. The molecule has 0 aliphatic rings. The molecule has 1 aromatic rings. The van der Waals surface area contributed by atoms with Crippen molar-refractivity contribution in [1.82, 2.24) is 10.2 Å². The van der Waals surface area contributed by atoms with Gasteiger partial charge in [-0.25, -0.2) is 4.39 Å². The van der Waals surface area contributed by atoms with E-state index >= 15 is 0 Å². The van der Waals surface area contributed by atoms with Crippen LogP contribution in [-0.4, -0.2) is 41.0 Å². The van der Waals surface area contributed by atoms with Crippen LogP contribution < -0.4 is 5.32 Å². The summed E-state index contributed by atoms with van der Waals surface area (Å²) < 4.78 is 13.1. The third kappa shape index (κ3) is 5.81. The molecule has 5 nitrogen and oxygen atoms in total. The number of halogens is 1. The van der Waals surface area contributed by atoms with E-state index in [2.05, 4.69) is 5.32 Å². The molecule has 22 heavy (non-hydrogen) atoms. The van der Waals surface area contributed by atoms with Crippen molar-refractivity contribution in [2.45, 2.75) is 39.3 Å². The minimum atomic E-state index is -1.09. The zero-order valence-electron chi connectivity index (χ0n) is 13.2. The van der Waals surface area contributed by atoms with E-state index in [1.807, 2.05) is 13.8 Å². The van der Waals surface area contributed by atoms with Crippen molar-refractivity contribution < 1.29 is 19.1 Å². The van der Waals surface area contributed by atoms with Gasteiger partial charge < -0.3 is 15.3 Å². The SMILES string of the molecule is CCN(CC(=O)NC(C)C)C(=O)CC(O)c1cccc(F)c1. The summed E-state index contributed by atoms with van der Waals surface area (Å²) >= 11 is 0. The summed E-state index contributed by atoms with van der Waals surface area (Å²) in [6.07, 6.45) is -1.28. The second kappa shape index (κ2) is 8.48. The monoisotopic (exact) mass is 310 g/mol. The predicted octanol–water partition coefficient (Wildman–Crippen LogP) is 1.62. The molecule has 0 bridgehead atoms. The van der Waals surface area contributed by atoms with Crippen LogP contribution in [-0.2, 0) is 9.59 Å². The minimum absolute atomic E-state index is 0.000748. The Kier molecular flexibility index (Phi) is 6.98. The fraction of sp³-hybridized carbons (Fsp3) is 0.500. The molecule has 1 rings (SSSR count). The molecular weight excluding hydrogens is 287 g/mol. The third-order valence-electron chi connectivity index (χ3n) is 3.12. The number of rotatable bonds is 7. The van der Waals surface area contributed by atoms with Crippen LogP contribution in [0.5, 0.6) is 0 Å². The van der Waals surface area contributed by atoms with Crippen LogP contribution in [0.1, 0.15) is 38.9 Å². The molecule has 0 aromatic heterocycles. The van der Waals surface area contributed by atoms with Gasteiger partial charge in [0.1, 0.15) is 5.82 Å². The summed E-state index contributed by atoms with van der Waals surface area (Å²) in [4.78, 5) is 25.2. The fourth-order valence-corrected chi connectivity index (χ4v) is 2.04. The number of carbonyl (C=O) groups excluding carboxylic acids is 2. The Bertz CT molecular complexity index is 520. The molecule has 6 heteroatoms. The Morgan fingerprint density at radius 1 is 1.36 bits per heavy atom. The summed E-state index contributed by atoms with van der Waals surface area (Å²) in [5.74, 6) is -1.06. The number of nitrogens with zero attached hydrogens (tertiary/aromatic N) is 1. The van der Waals surface area contributed by atoms with Gasteiger partial charge in [0.2, 0.25) is 11.8 Å². The zero-order valence-corrected chi connectivity index (χ0v) is 13.2. The van der Waals surface area contributed by atoms with Gasteiger partial charge in [0.15, 0.2) is 0 Å². The fourth-order valence-electron chi connectivity index (χ4n) is 2.04. The average Bonchev–Trinajstić information content (AvgIpc) is 2.43. The van der Waals surface area contributed by atoms with Crippen molar-refractivity contribution in [3.05, 3.63) is 35.6 Å². The lowest BCUT2D eigenvalue weighted by Gasteiger charge is -2.22. The molecule has 2 N–H and O–H groups in total. The standard InChI is InChI=1S/C16H23FN2O3/c1-4-19(10-15(21)18-11(2)3)16(22)9-14(20)12-6-5-7-13(17)8-12/h5-8,11,14,20H,4,9-10H2,1-3H3,(H,18,21). The maximum absolute atomic E-state index is 13.1. The van der Waals surface area contributed by atoms with Crippen molar-refractivity contribution in [3.63, 3.8) is 0 Å². The van der Waals surface area contributed by atoms with Gasteiger partial charge in [-0.2, -0.15) is 0 Å². The molecule has 1 aromatic carbocycles. The van der Waals surface area contributed by atoms with E-state index < -0.39 is 11.9 Å². The minimum Gasteiger partial charge on any atom is -0.388 e. The molecule has 0 saturated heterocycles. The maximum Gasteiger partial charge on any atom is 0.239 e. The molecule has 0 spiro atoms. The number of hydrogen-bond acceptors (Lipinski definition) is 3. The lowest BCUT2D eigenvalue weighted by atomic mass is 10.1. The molecule has 0 radical (unpaired) electrons. The molecular formula is C16H23FN2O3. The largest absolute Gasteiger partial charge is 0.388 e. The Hall–Kier alpha value is -1.95. The van der Waals surface area contributed by atoms with Gasteiger partial charge in [0, 0.05) is 12.6 Å². The zero-order chi connectivity index (χ0) is 16.7. The van der Waals surface area contributed by atoms with Gasteiger partial charge in [0.05, 0.1) is 19.1 Å². The number of aliphatic hydroxyl groups excluding tert-OH is 1. The van der Waals surface area contributed by atoms with E-state index in [1.54, 1.807) is 13.0 Å². The van der Waals surface area contributed by atoms with Gasteiger partial charge in [-0.15, -0.1) is 0 Å². The van der Waals surface area contributed by atoms with Crippen LogP contribution in [0.4, 0.5) is 4.39 Å². The summed E-state index contributed by atoms with van der Waals surface area (Å²) in [7, 11) is 0. The highest BCUT2D eigenvalue weighted by molar-refractivity contribution is 5.85. The maximum atomic E-state index is 13.1.